The fraction of sp³-hybridized carbons (Fsp3) is 0. The Hall–Kier alpha value is -2.62. The number of hydrogen-bond donors (Lipinski definition) is 0. The lowest BCUT2D eigenvalue weighted by atomic mass is 10.1. The molecule has 0 saturated heterocycles. The molecule has 0 radical (unpaired) electrons. The number of aromatic nitrogens is 4. The maximum Gasteiger partial charge on any atom is 0.159 e. The van der Waals surface area contributed by atoms with Crippen molar-refractivity contribution in [2.75, 3.05) is 0 Å². The molecular formula is C14H10N4. The first-order chi connectivity index (χ1) is 8.93. The van der Waals surface area contributed by atoms with Crippen LogP contribution in [0.5, 0.6) is 0 Å². The van der Waals surface area contributed by atoms with Gasteiger partial charge in [-0.15, -0.1) is 0 Å². The summed E-state index contributed by atoms with van der Waals surface area (Å²) in [6.07, 6.45) is 6.92. The minimum atomic E-state index is 0.704. The summed E-state index contributed by atoms with van der Waals surface area (Å²) in [5.74, 6) is 1.41. The topological polar surface area (TPSA) is 51.6 Å². The molecule has 0 aliphatic heterocycles. The molecule has 3 aromatic rings. The molecule has 0 bridgehead atoms. The molecule has 0 atom stereocenters. The molecule has 0 unspecified atom stereocenters. The first-order valence-corrected chi connectivity index (χ1v) is 5.58. The molecule has 3 rings (SSSR count). The molecule has 0 N–H and O–H groups in total. The van der Waals surface area contributed by atoms with Crippen molar-refractivity contribution in [2.24, 2.45) is 0 Å². The van der Waals surface area contributed by atoms with Crippen LogP contribution in [0.2, 0.25) is 0 Å². The molecule has 0 aliphatic carbocycles. The molecule has 18 heavy (non-hydrogen) atoms. The normalized spacial score (nSPS) is 10.2. The quantitative estimate of drug-likeness (QED) is 0.684. The Morgan fingerprint density at radius 1 is 0.556 bits per heavy atom. The van der Waals surface area contributed by atoms with E-state index in [0.29, 0.717) is 11.6 Å². The summed E-state index contributed by atoms with van der Waals surface area (Å²) in [5, 5.41) is 0. The lowest BCUT2D eigenvalue weighted by Crippen LogP contribution is -1.90. The van der Waals surface area contributed by atoms with Gasteiger partial charge >= 0.3 is 0 Å². The van der Waals surface area contributed by atoms with Gasteiger partial charge in [0.2, 0.25) is 0 Å². The van der Waals surface area contributed by atoms with Crippen LogP contribution in [0.15, 0.2) is 61.2 Å². The van der Waals surface area contributed by atoms with Crippen LogP contribution in [0.1, 0.15) is 0 Å². The van der Waals surface area contributed by atoms with Gasteiger partial charge in [-0.25, -0.2) is 19.9 Å². The van der Waals surface area contributed by atoms with E-state index in [1.807, 2.05) is 24.3 Å². The summed E-state index contributed by atoms with van der Waals surface area (Å²) in [6.45, 7) is 0. The van der Waals surface area contributed by atoms with Crippen LogP contribution >= 0.6 is 0 Å². The predicted molar refractivity (Wildman–Crippen MR) is 68.5 cm³/mol. The SMILES string of the molecule is c1cnc(-c2cccc(-c3ncccn3)c2)nc1. The first-order valence-electron chi connectivity index (χ1n) is 5.58. The molecule has 0 aliphatic rings. The Kier molecular flexibility index (Phi) is 2.75. The second-order valence-electron chi connectivity index (χ2n) is 3.73. The standard InChI is InChI=1S/C14H10N4/c1-4-11(13-15-6-2-7-16-13)10-12(5-1)14-17-8-3-9-18-14/h1-10H. The van der Waals surface area contributed by atoms with Gasteiger partial charge < -0.3 is 0 Å². The van der Waals surface area contributed by atoms with Crippen LogP contribution in [-0.4, -0.2) is 19.9 Å². The summed E-state index contributed by atoms with van der Waals surface area (Å²) in [7, 11) is 0. The van der Waals surface area contributed by atoms with Crippen molar-refractivity contribution in [1.82, 2.24) is 19.9 Å². The zero-order chi connectivity index (χ0) is 12.2. The monoisotopic (exact) mass is 234 g/mol. The van der Waals surface area contributed by atoms with Crippen LogP contribution in [0, 0.1) is 0 Å². The predicted octanol–water partition coefficient (Wildman–Crippen LogP) is 2.60. The van der Waals surface area contributed by atoms with Gasteiger partial charge in [0.15, 0.2) is 11.6 Å². The minimum absolute atomic E-state index is 0.704. The lowest BCUT2D eigenvalue weighted by molar-refractivity contribution is 1.16. The van der Waals surface area contributed by atoms with E-state index in [-0.39, 0.29) is 0 Å². The Balaban J connectivity index is 2.05. The van der Waals surface area contributed by atoms with Crippen molar-refractivity contribution in [2.45, 2.75) is 0 Å². The van der Waals surface area contributed by atoms with E-state index in [4.69, 9.17) is 0 Å². The van der Waals surface area contributed by atoms with Crippen LogP contribution in [0.4, 0.5) is 0 Å². The van der Waals surface area contributed by atoms with Crippen molar-refractivity contribution in [3.8, 4) is 22.8 Å². The summed E-state index contributed by atoms with van der Waals surface area (Å²) >= 11 is 0. The molecule has 0 fully saturated rings. The third kappa shape index (κ3) is 2.08. The number of hydrogen-bond acceptors (Lipinski definition) is 4. The lowest BCUT2D eigenvalue weighted by Gasteiger charge is -2.02. The highest BCUT2D eigenvalue weighted by molar-refractivity contribution is 5.65. The second-order valence-corrected chi connectivity index (χ2v) is 3.73. The van der Waals surface area contributed by atoms with Crippen molar-refractivity contribution >= 4 is 0 Å². The van der Waals surface area contributed by atoms with Crippen molar-refractivity contribution in [1.29, 1.82) is 0 Å². The average molecular weight is 234 g/mol. The van der Waals surface area contributed by atoms with Crippen molar-refractivity contribution < 1.29 is 0 Å². The molecule has 2 heterocycles. The number of rotatable bonds is 2. The van der Waals surface area contributed by atoms with Crippen LogP contribution < -0.4 is 0 Å². The highest BCUT2D eigenvalue weighted by atomic mass is 14.9. The molecule has 0 amide bonds. The largest absolute Gasteiger partial charge is 0.237 e. The summed E-state index contributed by atoms with van der Waals surface area (Å²) in [5.41, 5.74) is 1.92. The zero-order valence-electron chi connectivity index (χ0n) is 9.56. The zero-order valence-corrected chi connectivity index (χ0v) is 9.56. The van der Waals surface area contributed by atoms with Gasteiger partial charge in [-0.05, 0) is 18.2 Å². The maximum atomic E-state index is 4.23. The van der Waals surface area contributed by atoms with Gasteiger partial charge in [-0.1, -0.05) is 18.2 Å². The van der Waals surface area contributed by atoms with E-state index in [2.05, 4.69) is 19.9 Å². The smallest absolute Gasteiger partial charge is 0.159 e. The summed E-state index contributed by atoms with van der Waals surface area (Å²) in [6, 6.07) is 11.5. The summed E-state index contributed by atoms with van der Waals surface area (Å²) < 4.78 is 0. The van der Waals surface area contributed by atoms with Crippen molar-refractivity contribution in [3.05, 3.63) is 61.2 Å². The third-order valence-corrected chi connectivity index (χ3v) is 2.51. The van der Waals surface area contributed by atoms with Gasteiger partial charge in [0.1, 0.15) is 0 Å². The molecule has 2 aromatic heterocycles. The van der Waals surface area contributed by atoms with E-state index in [1.165, 1.54) is 0 Å². The second kappa shape index (κ2) is 4.71. The Morgan fingerprint density at radius 2 is 1.00 bits per heavy atom. The Bertz CT molecular complexity index is 583. The van der Waals surface area contributed by atoms with Crippen molar-refractivity contribution in [3.63, 3.8) is 0 Å². The number of benzene rings is 1. The van der Waals surface area contributed by atoms with Crippen LogP contribution in [-0.2, 0) is 0 Å². The fourth-order valence-corrected chi connectivity index (χ4v) is 1.69. The molecule has 1 aromatic carbocycles. The van der Waals surface area contributed by atoms with Gasteiger partial charge in [0.25, 0.3) is 0 Å². The Morgan fingerprint density at radius 3 is 1.44 bits per heavy atom. The van der Waals surface area contributed by atoms with Gasteiger partial charge in [-0.3, -0.25) is 0 Å². The summed E-state index contributed by atoms with van der Waals surface area (Å²) in [4.78, 5) is 16.9. The van der Waals surface area contributed by atoms with Gasteiger partial charge in [0.05, 0.1) is 0 Å². The minimum Gasteiger partial charge on any atom is -0.237 e. The molecule has 86 valence electrons. The van der Waals surface area contributed by atoms with Crippen LogP contribution in [0.3, 0.4) is 0 Å². The van der Waals surface area contributed by atoms with Gasteiger partial charge in [-0.2, -0.15) is 0 Å². The molecule has 4 nitrogen and oxygen atoms in total. The van der Waals surface area contributed by atoms with E-state index in [9.17, 15) is 0 Å². The van der Waals surface area contributed by atoms with E-state index in [1.54, 1.807) is 36.9 Å². The highest BCUT2D eigenvalue weighted by Crippen LogP contribution is 2.21. The molecular weight excluding hydrogens is 224 g/mol. The fourth-order valence-electron chi connectivity index (χ4n) is 1.69. The van der Waals surface area contributed by atoms with Gasteiger partial charge in [0, 0.05) is 35.9 Å². The Labute approximate surface area is 104 Å². The third-order valence-electron chi connectivity index (χ3n) is 2.51. The van der Waals surface area contributed by atoms with E-state index in [0.717, 1.165) is 11.1 Å². The molecule has 0 saturated carbocycles. The molecule has 0 spiro atoms. The van der Waals surface area contributed by atoms with Crippen LogP contribution in [0.25, 0.3) is 22.8 Å². The first kappa shape index (κ1) is 10.5. The van der Waals surface area contributed by atoms with E-state index >= 15 is 0 Å². The van der Waals surface area contributed by atoms with E-state index < -0.39 is 0 Å². The maximum absolute atomic E-state index is 4.23. The molecule has 4 heteroatoms. The average Bonchev–Trinajstić information content (AvgIpc) is 2.49. The number of nitrogens with zero attached hydrogens (tertiary/aromatic N) is 4. The highest BCUT2D eigenvalue weighted by Gasteiger charge is 2.04.